The van der Waals surface area contributed by atoms with Gasteiger partial charge in [-0.15, -0.1) is 0 Å². The number of carbonyl (C=O) groups is 1. The highest BCUT2D eigenvalue weighted by Gasteiger charge is 2.23. The van der Waals surface area contributed by atoms with E-state index in [4.69, 9.17) is 5.73 Å². The topological polar surface area (TPSA) is 66.6 Å². The largest absolute Gasteiger partial charge is 0.391 e. The minimum Gasteiger partial charge on any atom is -0.391 e. The van der Waals surface area contributed by atoms with Gasteiger partial charge < -0.3 is 15.7 Å². The number of hydrogen-bond donors (Lipinski definition) is 2. The van der Waals surface area contributed by atoms with Crippen LogP contribution in [0.1, 0.15) is 36.2 Å². The Morgan fingerprint density at radius 2 is 2.21 bits per heavy atom. The maximum Gasteiger partial charge on any atom is 0.249 e. The molecule has 0 bridgehead atoms. The van der Waals surface area contributed by atoms with Gasteiger partial charge in [-0.2, -0.15) is 0 Å². The van der Waals surface area contributed by atoms with Gasteiger partial charge in [-0.25, -0.2) is 0 Å². The van der Waals surface area contributed by atoms with Crippen LogP contribution in [-0.4, -0.2) is 30.2 Å². The first kappa shape index (κ1) is 13.9. The van der Waals surface area contributed by atoms with E-state index >= 15 is 0 Å². The van der Waals surface area contributed by atoms with Crippen LogP contribution in [0.25, 0.3) is 0 Å². The summed E-state index contributed by atoms with van der Waals surface area (Å²) in [4.78, 5) is 13.6. The third kappa shape index (κ3) is 2.89. The first-order valence-corrected chi connectivity index (χ1v) is 6.85. The van der Waals surface area contributed by atoms with Gasteiger partial charge in [0.05, 0.1) is 6.10 Å². The number of fused-ring (bicyclic) bond motifs is 1. The average molecular weight is 262 g/mol. The van der Waals surface area contributed by atoms with Crippen molar-refractivity contribution in [2.24, 2.45) is 11.7 Å². The van der Waals surface area contributed by atoms with Crippen LogP contribution in [-0.2, 0) is 6.42 Å². The molecular formula is C15H22N2O2. The molecule has 0 fully saturated rings. The Morgan fingerprint density at radius 3 is 2.84 bits per heavy atom. The molecule has 1 aliphatic rings. The van der Waals surface area contributed by atoms with Crippen molar-refractivity contribution in [3.8, 4) is 0 Å². The molecule has 1 aromatic rings. The zero-order valence-corrected chi connectivity index (χ0v) is 11.6. The van der Waals surface area contributed by atoms with Crippen molar-refractivity contribution >= 4 is 11.6 Å². The Hall–Kier alpha value is -1.55. The Kier molecular flexibility index (Phi) is 4.10. The summed E-state index contributed by atoms with van der Waals surface area (Å²) in [5.41, 5.74) is 8.11. The molecule has 1 amide bonds. The molecule has 4 heteroatoms. The SMILES string of the molecule is CC(C)C(O)CN1CCCc2c(C(N)=O)cccc21. The van der Waals surface area contributed by atoms with Crippen molar-refractivity contribution in [1.29, 1.82) is 0 Å². The van der Waals surface area contributed by atoms with E-state index in [1.165, 1.54) is 0 Å². The van der Waals surface area contributed by atoms with E-state index in [2.05, 4.69) is 4.90 Å². The highest BCUT2D eigenvalue weighted by atomic mass is 16.3. The van der Waals surface area contributed by atoms with Crippen molar-refractivity contribution in [1.82, 2.24) is 0 Å². The van der Waals surface area contributed by atoms with Crippen molar-refractivity contribution in [2.45, 2.75) is 32.8 Å². The van der Waals surface area contributed by atoms with E-state index in [-0.39, 0.29) is 17.9 Å². The first-order valence-electron chi connectivity index (χ1n) is 6.85. The molecule has 0 saturated heterocycles. The minimum absolute atomic E-state index is 0.227. The van der Waals surface area contributed by atoms with Crippen LogP contribution in [0, 0.1) is 5.92 Å². The quantitative estimate of drug-likeness (QED) is 0.865. The minimum atomic E-state index is -0.372. The van der Waals surface area contributed by atoms with E-state index in [0.29, 0.717) is 12.1 Å². The summed E-state index contributed by atoms with van der Waals surface area (Å²) >= 11 is 0. The van der Waals surface area contributed by atoms with Crippen molar-refractivity contribution in [3.05, 3.63) is 29.3 Å². The van der Waals surface area contributed by atoms with Crippen LogP contribution >= 0.6 is 0 Å². The monoisotopic (exact) mass is 262 g/mol. The highest BCUT2D eigenvalue weighted by molar-refractivity contribution is 5.96. The van der Waals surface area contributed by atoms with Crippen LogP contribution in [0.15, 0.2) is 18.2 Å². The lowest BCUT2D eigenvalue weighted by Gasteiger charge is -2.34. The van der Waals surface area contributed by atoms with Gasteiger partial charge in [0.25, 0.3) is 0 Å². The molecule has 0 saturated carbocycles. The van der Waals surface area contributed by atoms with Crippen molar-refractivity contribution in [3.63, 3.8) is 0 Å². The molecular weight excluding hydrogens is 240 g/mol. The lowest BCUT2D eigenvalue weighted by atomic mass is 9.95. The van der Waals surface area contributed by atoms with E-state index in [0.717, 1.165) is 30.6 Å². The van der Waals surface area contributed by atoms with Crippen LogP contribution in [0.3, 0.4) is 0 Å². The molecule has 1 aromatic carbocycles. The molecule has 4 nitrogen and oxygen atoms in total. The Morgan fingerprint density at radius 1 is 1.47 bits per heavy atom. The number of aliphatic hydroxyl groups excluding tert-OH is 1. The molecule has 19 heavy (non-hydrogen) atoms. The Balaban J connectivity index is 2.29. The van der Waals surface area contributed by atoms with E-state index in [1.54, 1.807) is 6.07 Å². The summed E-state index contributed by atoms with van der Waals surface area (Å²) in [5, 5.41) is 10.0. The number of aliphatic hydroxyl groups is 1. The molecule has 3 N–H and O–H groups in total. The van der Waals surface area contributed by atoms with Crippen molar-refractivity contribution < 1.29 is 9.90 Å². The fourth-order valence-corrected chi connectivity index (χ4v) is 2.56. The second kappa shape index (κ2) is 5.61. The summed E-state index contributed by atoms with van der Waals surface area (Å²) in [7, 11) is 0. The molecule has 2 rings (SSSR count). The average Bonchev–Trinajstić information content (AvgIpc) is 2.38. The van der Waals surface area contributed by atoms with Gasteiger partial charge in [0, 0.05) is 24.3 Å². The standard InChI is InChI=1S/C15H22N2O2/c1-10(2)14(18)9-17-8-4-6-11-12(15(16)19)5-3-7-13(11)17/h3,5,7,10,14,18H,4,6,8-9H2,1-2H3,(H2,16,19). The van der Waals surface area contributed by atoms with Crippen LogP contribution in [0.4, 0.5) is 5.69 Å². The third-order valence-corrected chi connectivity index (χ3v) is 3.79. The molecule has 1 heterocycles. The summed E-state index contributed by atoms with van der Waals surface area (Å²) in [6.07, 6.45) is 1.51. The smallest absolute Gasteiger partial charge is 0.249 e. The lowest BCUT2D eigenvalue weighted by molar-refractivity contribution is 0.0999. The maximum absolute atomic E-state index is 11.5. The zero-order chi connectivity index (χ0) is 14.0. The number of nitrogens with zero attached hydrogens (tertiary/aromatic N) is 1. The number of hydrogen-bond acceptors (Lipinski definition) is 3. The van der Waals surface area contributed by atoms with Crippen LogP contribution in [0.5, 0.6) is 0 Å². The van der Waals surface area contributed by atoms with E-state index < -0.39 is 0 Å². The summed E-state index contributed by atoms with van der Waals surface area (Å²) in [6, 6.07) is 5.65. The highest BCUT2D eigenvalue weighted by Crippen LogP contribution is 2.30. The second-order valence-electron chi connectivity index (χ2n) is 5.53. The number of rotatable bonds is 4. The number of amides is 1. The second-order valence-corrected chi connectivity index (χ2v) is 5.53. The number of carbonyl (C=O) groups excluding carboxylic acids is 1. The normalized spacial score (nSPS) is 16.3. The molecule has 0 radical (unpaired) electrons. The predicted molar refractivity (Wildman–Crippen MR) is 76.3 cm³/mol. The molecule has 1 atom stereocenters. The summed E-state index contributed by atoms with van der Waals surface area (Å²) in [6.45, 7) is 5.54. The maximum atomic E-state index is 11.5. The third-order valence-electron chi connectivity index (χ3n) is 3.79. The lowest BCUT2D eigenvalue weighted by Crippen LogP contribution is -2.38. The van der Waals surface area contributed by atoms with Gasteiger partial charge in [-0.1, -0.05) is 19.9 Å². The predicted octanol–water partition coefficient (Wildman–Crippen LogP) is 1.55. The first-order chi connectivity index (χ1) is 9.00. The molecule has 104 valence electrons. The summed E-state index contributed by atoms with van der Waals surface area (Å²) < 4.78 is 0. The zero-order valence-electron chi connectivity index (χ0n) is 11.6. The van der Waals surface area contributed by atoms with Gasteiger partial charge in [-0.3, -0.25) is 4.79 Å². The number of nitrogens with two attached hydrogens (primary N) is 1. The molecule has 0 spiro atoms. The van der Waals surface area contributed by atoms with Gasteiger partial charge in [0.2, 0.25) is 5.91 Å². The van der Waals surface area contributed by atoms with Gasteiger partial charge in [0.15, 0.2) is 0 Å². The molecule has 0 aromatic heterocycles. The van der Waals surface area contributed by atoms with Gasteiger partial charge in [-0.05, 0) is 36.5 Å². The van der Waals surface area contributed by atoms with Crippen LogP contribution < -0.4 is 10.6 Å². The number of β-amino-alcohol motifs (C(OH)–C–C–N with tert-alkyl or cyclic N) is 1. The molecule has 1 unspecified atom stereocenters. The summed E-state index contributed by atoms with van der Waals surface area (Å²) in [5.74, 6) is -0.146. The Labute approximate surface area is 114 Å². The van der Waals surface area contributed by atoms with E-state index in [1.807, 2.05) is 26.0 Å². The fraction of sp³-hybridized carbons (Fsp3) is 0.533. The number of anilines is 1. The fourth-order valence-electron chi connectivity index (χ4n) is 2.56. The van der Waals surface area contributed by atoms with E-state index in [9.17, 15) is 9.90 Å². The van der Waals surface area contributed by atoms with Crippen molar-refractivity contribution in [2.75, 3.05) is 18.0 Å². The molecule has 1 aliphatic heterocycles. The van der Waals surface area contributed by atoms with Gasteiger partial charge in [0.1, 0.15) is 0 Å². The Bertz CT molecular complexity index is 471. The number of primary amides is 1. The number of benzene rings is 1. The van der Waals surface area contributed by atoms with Crippen LogP contribution in [0.2, 0.25) is 0 Å². The van der Waals surface area contributed by atoms with Gasteiger partial charge >= 0.3 is 0 Å². The molecule has 0 aliphatic carbocycles.